The molecular formula is C10H10F2N2O3. The molecule has 0 radical (unpaired) electrons. The van der Waals surface area contributed by atoms with Crippen molar-refractivity contribution in [1.29, 1.82) is 0 Å². The second-order valence-corrected chi connectivity index (χ2v) is 3.42. The average molecular weight is 244 g/mol. The van der Waals surface area contributed by atoms with Gasteiger partial charge in [-0.1, -0.05) is 12.1 Å². The van der Waals surface area contributed by atoms with E-state index >= 15 is 0 Å². The zero-order valence-corrected chi connectivity index (χ0v) is 8.97. The molecule has 1 aromatic rings. The summed E-state index contributed by atoms with van der Waals surface area (Å²) in [5.41, 5.74) is 0.288. The summed E-state index contributed by atoms with van der Waals surface area (Å²) in [5, 5.41) is 10.5. The fourth-order valence-corrected chi connectivity index (χ4v) is 1.29. The topological polar surface area (TPSA) is 63.4 Å². The van der Waals surface area contributed by atoms with Gasteiger partial charge in [-0.3, -0.25) is 14.9 Å². The number of carbonyl (C=O) groups is 1. The van der Waals surface area contributed by atoms with Crippen LogP contribution in [0, 0.1) is 10.1 Å². The van der Waals surface area contributed by atoms with Crippen LogP contribution in [-0.4, -0.2) is 29.2 Å². The summed E-state index contributed by atoms with van der Waals surface area (Å²) in [6.07, 6.45) is -3.07. The third kappa shape index (κ3) is 3.47. The number of hydrogen-bond donors (Lipinski definition) is 0. The molecule has 0 heterocycles. The molecule has 7 heteroatoms. The summed E-state index contributed by atoms with van der Waals surface area (Å²) >= 11 is 0. The Kier molecular flexibility index (Phi) is 4.08. The molecule has 0 saturated carbocycles. The molecule has 1 rings (SSSR count). The van der Waals surface area contributed by atoms with Crippen molar-refractivity contribution < 1.29 is 18.5 Å². The van der Waals surface area contributed by atoms with Gasteiger partial charge in [0.15, 0.2) is 0 Å². The van der Waals surface area contributed by atoms with E-state index in [1.807, 2.05) is 0 Å². The molecule has 0 aliphatic rings. The fourth-order valence-electron chi connectivity index (χ4n) is 1.29. The summed E-state index contributed by atoms with van der Waals surface area (Å²) in [6.45, 7) is -0.0924. The summed E-state index contributed by atoms with van der Waals surface area (Å²) in [4.78, 5) is 21.6. The van der Waals surface area contributed by atoms with Crippen molar-refractivity contribution in [1.82, 2.24) is 4.90 Å². The van der Waals surface area contributed by atoms with E-state index in [0.717, 1.165) is 4.90 Å². The second-order valence-electron chi connectivity index (χ2n) is 3.42. The molecule has 0 aliphatic heterocycles. The molecule has 92 valence electrons. The number of alkyl halides is 2. The van der Waals surface area contributed by atoms with Crippen molar-refractivity contribution >= 4 is 11.6 Å². The van der Waals surface area contributed by atoms with Gasteiger partial charge in [-0.05, 0) is 5.56 Å². The largest absolute Gasteiger partial charge is 0.336 e. The van der Waals surface area contributed by atoms with Crippen molar-refractivity contribution in [2.24, 2.45) is 0 Å². The minimum absolute atomic E-state index is 0.0924. The molecule has 0 unspecified atom stereocenters. The Balaban J connectivity index is 2.78. The van der Waals surface area contributed by atoms with Crippen LogP contribution in [0.15, 0.2) is 24.3 Å². The van der Waals surface area contributed by atoms with E-state index in [0.29, 0.717) is 5.56 Å². The number of nitro benzene ring substituents is 1. The quantitative estimate of drug-likeness (QED) is 0.599. The van der Waals surface area contributed by atoms with Crippen molar-refractivity contribution in [3.63, 3.8) is 0 Å². The highest BCUT2D eigenvalue weighted by Crippen LogP contribution is 2.14. The zero-order valence-electron chi connectivity index (χ0n) is 8.97. The molecular weight excluding hydrogens is 234 g/mol. The molecule has 0 bridgehead atoms. The van der Waals surface area contributed by atoms with Crippen molar-refractivity contribution in [2.75, 3.05) is 7.05 Å². The Morgan fingerprint density at radius 1 is 1.53 bits per heavy atom. The third-order valence-electron chi connectivity index (χ3n) is 2.10. The van der Waals surface area contributed by atoms with Crippen LogP contribution in [0.1, 0.15) is 5.56 Å². The predicted octanol–water partition coefficient (Wildman–Crippen LogP) is 1.82. The van der Waals surface area contributed by atoms with E-state index in [1.165, 1.54) is 31.3 Å². The first-order valence-electron chi connectivity index (χ1n) is 4.68. The normalized spacial score (nSPS) is 10.4. The minimum Gasteiger partial charge on any atom is -0.336 e. The Labute approximate surface area is 95.8 Å². The van der Waals surface area contributed by atoms with Gasteiger partial charge in [-0.25, -0.2) is 0 Å². The maximum atomic E-state index is 12.1. The fraction of sp³-hybridized carbons (Fsp3) is 0.300. The first-order chi connectivity index (χ1) is 7.91. The van der Waals surface area contributed by atoms with Crippen LogP contribution in [0.5, 0.6) is 0 Å². The van der Waals surface area contributed by atoms with E-state index in [-0.39, 0.29) is 12.2 Å². The Morgan fingerprint density at radius 3 is 2.71 bits per heavy atom. The van der Waals surface area contributed by atoms with Crippen molar-refractivity contribution in [3.8, 4) is 0 Å². The minimum atomic E-state index is -3.07. The van der Waals surface area contributed by atoms with Crippen LogP contribution in [0.4, 0.5) is 14.5 Å². The lowest BCUT2D eigenvalue weighted by Crippen LogP contribution is -2.31. The van der Waals surface area contributed by atoms with Gasteiger partial charge in [0.25, 0.3) is 11.6 Å². The number of hydrogen-bond acceptors (Lipinski definition) is 3. The van der Waals surface area contributed by atoms with Gasteiger partial charge >= 0.3 is 6.43 Å². The maximum absolute atomic E-state index is 12.1. The van der Waals surface area contributed by atoms with Gasteiger partial charge in [0.2, 0.25) is 0 Å². The van der Waals surface area contributed by atoms with Crippen LogP contribution in [0.25, 0.3) is 0 Å². The predicted molar refractivity (Wildman–Crippen MR) is 55.6 cm³/mol. The number of benzene rings is 1. The number of carbonyl (C=O) groups excluding carboxylic acids is 1. The van der Waals surface area contributed by atoms with E-state index in [1.54, 1.807) is 0 Å². The SMILES string of the molecule is CN(Cc1cccc([N+](=O)[O-])c1)C(=O)C(F)F. The molecule has 0 saturated heterocycles. The van der Waals surface area contributed by atoms with Crippen LogP contribution in [0.3, 0.4) is 0 Å². The Bertz CT molecular complexity index is 437. The third-order valence-corrected chi connectivity index (χ3v) is 2.10. The van der Waals surface area contributed by atoms with Gasteiger partial charge in [0.05, 0.1) is 4.92 Å². The monoisotopic (exact) mass is 244 g/mol. The average Bonchev–Trinajstić information content (AvgIpc) is 2.28. The summed E-state index contributed by atoms with van der Waals surface area (Å²) in [6, 6.07) is 5.50. The first kappa shape index (κ1) is 13.0. The Hall–Kier alpha value is -2.05. The van der Waals surface area contributed by atoms with E-state index in [9.17, 15) is 23.7 Å². The molecule has 17 heavy (non-hydrogen) atoms. The van der Waals surface area contributed by atoms with E-state index in [4.69, 9.17) is 0 Å². The standard InChI is InChI=1S/C10H10F2N2O3/c1-13(10(15)9(11)12)6-7-3-2-4-8(5-7)14(16)17/h2-5,9H,6H2,1H3. The van der Waals surface area contributed by atoms with Crippen molar-refractivity contribution in [3.05, 3.63) is 39.9 Å². The Morgan fingerprint density at radius 2 is 2.18 bits per heavy atom. The summed E-state index contributed by atoms with van der Waals surface area (Å²) in [7, 11) is 1.22. The highest BCUT2D eigenvalue weighted by molar-refractivity contribution is 5.79. The van der Waals surface area contributed by atoms with Crippen LogP contribution >= 0.6 is 0 Å². The molecule has 0 atom stereocenters. The number of halogens is 2. The van der Waals surface area contributed by atoms with Gasteiger partial charge in [-0.2, -0.15) is 8.78 Å². The number of rotatable bonds is 4. The van der Waals surface area contributed by atoms with Crippen molar-refractivity contribution in [2.45, 2.75) is 13.0 Å². The van der Waals surface area contributed by atoms with Gasteiger partial charge in [0, 0.05) is 25.7 Å². The zero-order chi connectivity index (χ0) is 13.0. The van der Waals surface area contributed by atoms with Crippen LogP contribution < -0.4 is 0 Å². The second kappa shape index (κ2) is 5.33. The number of nitrogens with zero attached hydrogens (tertiary/aromatic N) is 2. The molecule has 0 N–H and O–H groups in total. The molecule has 1 aromatic carbocycles. The summed E-state index contributed by atoms with van der Waals surface area (Å²) in [5.74, 6) is -1.31. The lowest BCUT2D eigenvalue weighted by molar-refractivity contribution is -0.384. The molecule has 5 nitrogen and oxygen atoms in total. The van der Waals surface area contributed by atoms with Gasteiger partial charge in [0.1, 0.15) is 0 Å². The van der Waals surface area contributed by atoms with Crippen LogP contribution in [-0.2, 0) is 11.3 Å². The van der Waals surface area contributed by atoms with Gasteiger partial charge < -0.3 is 4.90 Å². The molecule has 1 amide bonds. The number of amides is 1. The number of nitro groups is 1. The summed E-state index contributed by atoms with van der Waals surface area (Å²) < 4.78 is 24.2. The molecule has 0 fully saturated rings. The van der Waals surface area contributed by atoms with Crippen LogP contribution in [0.2, 0.25) is 0 Å². The van der Waals surface area contributed by atoms with E-state index in [2.05, 4.69) is 0 Å². The lowest BCUT2D eigenvalue weighted by atomic mass is 10.2. The van der Waals surface area contributed by atoms with E-state index < -0.39 is 17.3 Å². The highest BCUT2D eigenvalue weighted by Gasteiger charge is 2.20. The first-order valence-corrected chi connectivity index (χ1v) is 4.68. The number of non-ortho nitro benzene ring substituents is 1. The smallest absolute Gasteiger partial charge is 0.315 e. The molecule has 0 aliphatic carbocycles. The maximum Gasteiger partial charge on any atom is 0.315 e. The lowest BCUT2D eigenvalue weighted by Gasteiger charge is -2.16. The molecule has 0 aromatic heterocycles. The molecule has 0 spiro atoms. The van der Waals surface area contributed by atoms with Gasteiger partial charge in [-0.15, -0.1) is 0 Å². The highest BCUT2D eigenvalue weighted by atomic mass is 19.3.